The largest absolute Gasteiger partial charge is 0.416 e. The first kappa shape index (κ1) is 16.1. The van der Waals surface area contributed by atoms with Crippen LogP contribution >= 0.6 is 11.6 Å². The molecule has 7 heteroatoms. The van der Waals surface area contributed by atoms with Gasteiger partial charge in [-0.25, -0.2) is 0 Å². The van der Waals surface area contributed by atoms with Gasteiger partial charge in [0.1, 0.15) is 0 Å². The third-order valence-corrected chi connectivity index (χ3v) is 4.17. The number of nitrogens with one attached hydrogen (secondary N) is 1. The lowest BCUT2D eigenvalue weighted by Gasteiger charge is -2.18. The van der Waals surface area contributed by atoms with Crippen LogP contribution in [-0.2, 0) is 11.0 Å². The molecule has 0 aromatic heterocycles. The summed E-state index contributed by atoms with van der Waals surface area (Å²) in [6.07, 6.45) is -1.88. The number of nitrogens with two attached hydrogens (primary N) is 1. The van der Waals surface area contributed by atoms with E-state index in [0.29, 0.717) is 6.54 Å². The summed E-state index contributed by atoms with van der Waals surface area (Å²) < 4.78 is 37.6. The molecule has 21 heavy (non-hydrogen) atoms. The number of hydrogen-bond acceptors (Lipinski definition) is 2. The highest BCUT2D eigenvalue weighted by atomic mass is 35.5. The molecule has 0 saturated heterocycles. The zero-order valence-corrected chi connectivity index (χ0v) is 12.0. The average Bonchev–Trinajstić information content (AvgIpc) is 2.88. The van der Waals surface area contributed by atoms with Gasteiger partial charge in [-0.3, -0.25) is 4.79 Å². The second kappa shape index (κ2) is 6.23. The Morgan fingerprint density at radius 3 is 2.67 bits per heavy atom. The van der Waals surface area contributed by atoms with Crippen molar-refractivity contribution in [3.8, 4) is 0 Å². The first-order valence-corrected chi connectivity index (χ1v) is 7.08. The van der Waals surface area contributed by atoms with Crippen molar-refractivity contribution in [1.29, 1.82) is 0 Å². The van der Waals surface area contributed by atoms with Crippen molar-refractivity contribution in [2.75, 3.05) is 11.9 Å². The highest BCUT2D eigenvalue weighted by Gasteiger charge is 2.33. The van der Waals surface area contributed by atoms with Gasteiger partial charge >= 0.3 is 6.18 Å². The minimum absolute atomic E-state index is 0.123. The number of rotatable bonds is 3. The molecule has 3 N–H and O–H groups in total. The molecule has 1 aliphatic carbocycles. The number of benzene rings is 1. The molecule has 0 aliphatic heterocycles. The number of halogens is 4. The van der Waals surface area contributed by atoms with E-state index in [1.807, 2.05) is 0 Å². The highest BCUT2D eigenvalue weighted by Crippen LogP contribution is 2.35. The molecular weight excluding hydrogens is 305 g/mol. The maximum absolute atomic E-state index is 12.5. The van der Waals surface area contributed by atoms with Crippen molar-refractivity contribution < 1.29 is 18.0 Å². The Morgan fingerprint density at radius 1 is 1.38 bits per heavy atom. The molecule has 2 atom stereocenters. The van der Waals surface area contributed by atoms with Crippen LogP contribution in [0, 0.1) is 11.8 Å². The summed E-state index contributed by atoms with van der Waals surface area (Å²) in [4.78, 5) is 12.2. The molecule has 1 aromatic rings. The molecule has 0 spiro atoms. The first-order valence-electron chi connectivity index (χ1n) is 6.70. The Hall–Kier alpha value is -1.27. The maximum Gasteiger partial charge on any atom is 0.416 e. The van der Waals surface area contributed by atoms with Gasteiger partial charge in [0.2, 0.25) is 5.91 Å². The SMILES string of the molecule is NCC1CCCC1C(=O)Nc1ccc(C(F)(F)F)cc1Cl. The predicted molar refractivity (Wildman–Crippen MR) is 75.0 cm³/mol. The molecule has 2 rings (SSSR count). The highest BCUT2D eigenvalue weighted by molar-refractivity contribution is 6.33. The van der Waals surface area contributed by atoms with Gasteiger partial charge in [0.15, 0.2) is 0 Å². The first-order chi connectivity index (χ1) is 9.82. The molecule has 2 unspecified atom stereocenters. The van der Waals surface area contributed by atoms with E-state index in [2.05, 4.69) is 5.32 Å². The lowest BCUT2D eigenvalue weighted by atomic mass is 9.95. The number of amides is 1. The lowest BCUT2D eigenvalue weighted by molar-refractivity contribution is -0.137. The van der Waals surface area contributed by atoms with Crippen LogP contribution in [0.15, 0.2) is 18.2 Å². The Labute approximate surface area is 125 Å². The molecule has 1 saturated carbocycles. The second-order valence-electron chi connectivity index (χ2n) is 5.21. The smallest absolute Gasteiger partial charge is 0.330 e. The third-order valence-electron chi connectivity index (χ3n) is 3.85. The quantitative estimate of drug-likeness (QED) is 0.892. The van der Waals surface area contributed by atoms with Gasteiger partial charge in [-0.1, -0.05) is 18.0 Å². The van der Waals surface area contributed by atoms with Gasteiger partial charge in [0.05, 0.1) is 16.3 Å². The van der Waals surface area contributed by atoms with E-state index < -0.39 is 11.7 Å². The zero-order valence-electron chi connectivity index (χ0n) is 11.2. The van der Waals surface area contributed by atoms with Crippen molar-refractivity contribution in [1.82, 2.24) is 0 Å². The van der Waals surface area contributed by atoms with Gasteiger partial charge in [-0.05, 0) is 43.5 Å². The van der Waals surface area contributed by atoms with Crippen LogP contribution < -0.4 is 11.1 Å². The van der Waals surface area contributed by atoms with Gasteiger partial charge in [0.25, 0.3) is 0 Å². The average molecular weight is 321 g/mol. The van der Waals surface area contributed by atoms with E-state index >= 15 is 0 Å². The number of anilines is 1. The monoisotopic (exact) mass is 320 g/mol. The molecule has 1 fully saturated rings. The van der Waals surface area contributed by atoms with E-state index in [4.69, 9.17) is 17.3 Å². The molecule has 1 amide bonds. The zero-order chi connectivity index (χ0) is 15.6. The summed E-state index contributed by atoms with van der Waals surface area (Å²) in [5.41, 5.74) is 4.97. The molecule has 116 valence electrons. The summed E-state index contributed by atoms with van der Waals surface area (Å²) in [5.74, 6) is -0.309. The second-order valence-corrected chi connectivity index (χ2v) is 5.62. The number of hydrogen-bond donors (Lipinski definition) is 2. The van der Waals surface area contributed by atoms with Gasteiger partial charge in [-0.2, -0.15) is 13.2 Å². The van der Waals surface area contributed by atoms with Crippen molar-refractivity contribution >= 4 is 23.2 Å². The minimum Gasteiger partial charge on any atom is -0.330 e. The third kappa shape index (κ3) is 3.68. The molecule has 0 bridgehead atoms. The standard InChI is InChI=1S/C14H16ClF3N2O/c15-11-6-9(14(16,17)18)4-5-12(11)20-13(21)10-3-1-2-8(10)7-19/h4-6,8,10H,1-3,7,19H2,(H,20,21). The van der Waals surface area contributed by atoms with Crippen LogP contribution in [0.4, 0.5) is 18.9 Å². The van der Waals surface area contributed by atoms with E-state index in [0.717, 1.165) is 31.4 Å². The van der Waals surface area contributed by atoms with Crippen LogP contribution in [0.2, 0.25) is 5.02 Å². The summed E-state index contributed by atoms with van der Waals surface area (Å²) in [5, 5.41) is 2.48. The molecule has 3 nitrogen and oxygen atoms in total. The van der Waals surface area contributed by atoms with Crippen LogP contribution in [0.5, 0.6) is 0 Å². The Morgan fingerprint density at radius 2 is 2.10 bits per heavy atom. The Balaban J connectivity index is 2.11. The molecule has 0 heterocycles. The summed E-state index contributed by atoms with van der Waals surface area (Å²) in [6.45, 7) is 0.429. The van der Waals surface area contributed by atoms with E-state index in [1.165, 1.54) is 6.07 Å². The summed E-state index contributed by atoms with van der Waals surface area (Å²) in [7, 11) is 0. The molecule has 1 aliphatic rings. The van der Waals surface area contributed by atoms with E-state index in [9.17, 15) is 18.0 Å². The fourth-order valence-corrected chi connectivity index (χ4v) is 2.91. The van der Waals surface area contributed by atoms with Crippen LogP contribution in [0.1, 0.15) is 24.8 Å². The maximum atomic E-state index is 12.5. The Bertz CT molecular complexity index is 533. The number of carbonyl (C=O) groups is 1. The van der Waals surface area contributed by atoms with Gasteiger partial charge in [-0.15, -0.1) is 0 Å². The van der Waals surface area contributed by atoms with Crippen molar-refractivity contribution in [3.63, 3.8) is 0 Å². The number of alkyl halides is 3. The molecular formula is C14H16ClF3N2O. The topological polar surface area (TPSA) is 55.1 Å². The van der Waals surface area contributed by atoms with Crippen LogP contribution in [0.3, 0.4) is 0 Å². The summed E-state index contributed by atoms with van der Waals surface area (Å²) in [6, 6.07) is 2.89. The Kier molecular flexibility index (Phi) is 4.78. The molecule has 1 aromatic carbocycles. The number of carbonyl (C=O) groups excluding carboxylic acids is 1. The molecule has 0 radical (unpaired) electrons. The van der Waals surface area contributed by atoms with Crippen molar-refractivity contribution in [3.05, 3.63) is 28.8 Å². The summed E-state index contributed by atoms with van der Waals surface area (Å²) >= 11 is 5.82. The normalized spacial score (nSPS) is 22.3. The van der Waals surface area contributed by atoms with Crippen LogP contribution in [0.25, 0.3) is 0 Å². The minimum atomic E-state index is -4.46. The van der Waals surface area contributed by atoms with E-state index in [-0.39, 0.29) is 28.5 Å². The van der Waals surface area contributed by atoms with E-state index in [1.54, 1.807) is 0 Å². The van der Waals surface area contributed by atoms with Crippen LogP contribution in [-0.4, -0.2) is 12.5 Å². The fraction of sp³-hybridized carbons (Fsp3) is 0.500. The predicted octanol–water partition coefficient (Wildman–Crippen LogP) is 3.67. The lowest BCUT2D eigenvalue weighted by Crippen LogP contribution is -2.29. The van der Waals surface area contributed by atoms with Crippen molar-refractivity contribution in [2.45, 2.75) is 25.4 Å². The van der Waals surface area contributed by atoms with Gasteiger partial charge in [0, 0.05) is 5.92 Å². The fourth-order valence-electron chi connectivity index (χ4n) is 2.68. The van der Waals surface area contributed by atoms with Crippen molar-refractivity contribution in [2.24, 2.45) is 17.6 Å². The van der Waals surface area contributed by atoms with Gasteiger partial charge < -0.3 is 11.1 Å².